The monoisotopic (exact) mass is 335 g/mol. The predicted molar refractivity (Wildman–Crippen MR) is 86.3 cm³/mol. The van der Waals surface area contributed by atoms with Crippen molar-refractivity contribution in [3.05, 3.63) is 42.0 Å². The first-order chi connectivity index (χ1) is 11.1. The van der Waals surface area contributed by atoms with Gasteiger partial charge in [0.15, 0.2) is 0 Å². The molecule has 1 aliphatic rings. The maximum Gasteiger partial charge on any atom is 0.240 e. The van der Waals surface area contributed by atoms with E-state index in [2.05, 4.69) is 31.3 Å². The first-order valence-electron chi connectivity index (χ1n) is 7.78. The number of aryl methyl sites for hydroxylation is 1. The average molecular weight is 335 g/mol. The van der Waals surface area contributed by atoms with Gasteiger partial charge in [0.25, 0.3) is 0 Å². The lowest BCUT2D eigenvalue weighted by atomic mass is 10.3. The molecule has 0 bridgehead atoms. The molecule has 0 unspecified atom stereocenters. The molecule has 1 aromatic carbocycles. The molecule has 0 fully saturated rings. The Balaban J connectivity index is 1.54. The second-order valence-electron chi connectivity index (χ2n) is 5.52. The summed E-state index contributed by atoms with van der Waals surface area (Å²) in [6, 6.07) is 8.43. The summed E-state index contributed by atoms with van der Waals surface area (Å²) in [5, 5.41) is 8.40. The normalized spacial score (nSPS) is 15.5. The molecule has 7 nitrogen and oxygen atoms in total. The van der Waals surface area contributed by atoms with Gasteiger partial charge < -0.3 is 4.57 Å². The van der Waals surface area contributed by atoms with Gasteiger partial charge in [-0.1, -0.05) is 25.1 Å². The van der Waals surface area contributed by atoms with Gasteiger partial charge in [0.05, 0.1) is 11.4 Å². The summed E-state index contributed by atoms with van der Waals surface area (Å²) in [4.78, 5) is 2.49. The van der Waals surface area contributed by atoms with Gasteiger partial charge in [-0.15, -0.1) is 10.2 Å². The summed E-state index contributed by atoms with van der Waals surface area (Å²) >= 11 is 0. The van der Waals surface area contributed by atoms with Crippen LogP contribution in [-0.4, -0.2) is 47.7 Å². The number of hydrogen-bond donors (Lipinski definition) is 1. The topological polar surface area (TPSA) is 80.1 Å². The highest BCUT2D eigenvalue weighted by atomic mass is 32.2. The van der Waals surface area contributed by atoms with E-state index in [-0.39, 0.29) is 0 Å². The molecule has 2 heterocycles. The van der Waals surface area contributed by atoms with E-state index in [9.17, 15) is 8.42 Å². The van der Waals surface area contributed by atoms with Crippen LogP contribution in [0.3, 0.4) is 0 Å². The van der Waals surface area contributed by atoms with Crippen LogP contribution in [0.15, 0.2) is 35.2 Å². The Morgan fingerprint density at radius 2 is 1.96 bits per heavy atom. The molecule has 0 saturated heterocycles. The molecule has 0 amide bonds. The van der Waals surface area contributed by atoms with Crippen LogP contribution in [0.2, 0.25) is 0 Å². The van der Waals surface area contributed by atoms with E-state index in [1.54, 1.807) is 30.3 Å². The fourth-order valence-corrected chi connectivity index (χ4v) is 3.78. The van der Waals surface area contributed by atoms with Gasteiger partial charge in [-0.25, -0.2) is 13.1 Å². The molecule has 2 aromatic rings. The fraction of sp³-hybridized carbons (Fsp3) is 0.467. The Labute approximate surface area is 136 Å². The van der Waals surface area contributed by atoms with Crippen molar-refractivity contribution in [1.82, 2.24) is 24.4 Å². The van der Waals surface area contributed by atoms with Crippen LogP contribution in [0, 0.1) is 0 Å². The van der Waals surface area contributed by atoms with E-state index < -0.39 is 10.0 Å². The SMILES string of the molecule is CCc1nnc2n1CCN(CCNS(=O)(=O)c1ccccc1)C2. The average Bonchev–Trinajstić information content (AvgIpc) is 2.98. The number of rotatable bonds is 6. The molecule has 0 radical (unpaired) electrons. The minimum atomic E-state index is -3.43. The highest BCUT2D eigenvalue weighted by Crippen LogP contribution is 2.12. The van der Waals surface area contributed by atoms with E-state index >= 15 is 0 Å². The predicted octanol–water partition coefficient (Wildman–Crippen LogP) is 0.635. The number of hydrogen-bond acceptors (Lipinski definition) is 5. The molecule has 0 aliphatic carbocycles. The Kier molecular flexibility index (Phi) is 4.74. The fourth-order valence-electron chi connectivity index (χ4n) is 2.74. The second kappa shape index (κ2) is 6.77. The first kappa shape index (κ1) is 16.1. The molecule has 0 saturated carbocycles. The number of benzene rings is 1. The lowest BCUT2D eigenvalue weighted by Gasteiger charge is -2.27. The minimum absolute atomic E-state index is 0.297. The standard InChI is InChI=1S/C15H21N5O2S/c1-2-14-17-18-15-12-19(10-11-20(14)15)9-8-16-23(21,22)13-6-4-3-5-7-13/h3-7,16H,2,8-12H2,1H3. The molecule has 1 aromatic heterocycles. The van der Waals surface area contributed by atoms with Gasteiger partial charge in [0.2, 0.25) is 10.0 Å². The van der Waals surface area contributed by atoms with E-state index in [4.69, 9.17) is 0 Å². The largest absolute Gasteiger partial charge is 0.313 e. The van der Waals surface area contributed by atoms with Crippen molar-refractivity contribution < 1.29 is 8.42 Å². The summed E-state index contributed by atoms with van der Waals surface area (Å²) in [6.07, 6.45) is 0.879. The molecule has 124 valence electrons. The zero-order valence-corrected chi connectivity index (χ0v) is 14.0. The van der Waals surface area contributed by atoms with Crippen molar-refractivity contribution in [1.29, 1.82) is 0 Å². The quantitative estimate of drug-likeness (QED) is 0.838. The molecular formula is C15H21N5O2S. The van der Waals surface area contributed by atoms with Gasteiger partial charge in [-0.3, -0.25) is 4.90 Å². The molecule has 1 N–H and O–H groups in total. The van der Waals surface area contributed by atoms with Crippen LogP contribution in [0.1, 0.15) is 18.6 Å². The summed E-state index contributed by atoms with van der Waals surface area (Å²) in [6.45, 7) is 5.55. The Hall–Kier alpha value is -1.77. The molecule has 3 rings (SSSR count). The number of fused-ring (bicyclic) bond motifs is 1. The molecular weight excluding hydrogens is 314 g/mol. The summed E-state index contributed by atoms with van der Waals surface area (Å²) in [5.74, 6) is 1.98. The smallest absolute Gasteiger partial charge is 0.240 e. The maximum absolute atomic E-state index is 12.2. The Bertz CT molecular complexity index is 757. The molecule has 1 aliphatic heterocycles. The molecule has 23 heavy (non-hydrogen) atoms. The third kappa shape index (κ3) is 3.60. The van der Waals surface area contributed by atoms with Crippen molar-refractivity contribution >= 4 is 10.0 Å². The van der Waals surface area contributed by atoms with Gasteiger partial charge in [0.1, 0.15) is 11.6 Å². The van der Waals surface area contributed by atoms with Crippen LogP contribution in [0.25, 0.3) is 0 Å². The first-order valence-corrected chi connectivity index (χ1v) is 9.26. The van der Waals surface area contributed by atoms with Crippen LogP contribution in [-0.2, 0) is 29.5 Å². The third-order valence-corrected chi connectivity index (χ3v) is 5.48. The summed E-state index contributed by atoms with van der Waals surface area (Å²) in [7, 11) is -3.43. The minimum Gasteiger partial charge on any atom is -0.313 e. The van der Waals surface area contributed by atoms with Crippen LogP contribution < -0.4 is 4.72 Å². The van der Waals surface area contributed by atoms with Crippen molar-refractivity contribution in [3.63, 3.8) is 0 Å². The highest BCUT2D eigenvalue weighted by Gasteiger charge is 2.20. The molecule has 8 heteroatoms. The van der Waals surface area contributed by atoms with Crippen LogP contribution in [0.4, 0.5) is 0 Å². The third-order valence-electron chi connectivity index (χ3n) is 4.00. The van der Waals surface area contributed by atoms with Crippen LogP contribution in [0.5, 0.6) is 0 Å². The van der Waals surface area contributed by atoms with E-state index in [0.29, 0.717) is 24.5 Å². The zero-order chi connectivity index (χ0) is 16.3. The van der Waals surface area contributed by atoms with Gasteiger partial charge in [-0.05, 0) is 12.1 Å². The number of nitrogens with zero attached hydrogens (tertiary/aromatic N) is 4. The van der Waals surface area contributed by atoms with Gasteiger partial charge in [0, 0.05) is 32.6 Å². The molecule has 0 spiro atoms. The van der Waals surface area contributed by atoms with E-state index in [1.807, 2.05) is 0 Å². The Morgan fingerprint density at radius 1 is 1.17 bits per heavy atom. The van der Waals surface area contributed by atoms with E-state index in [0.717, 1.165) is 31.2 Å². The summed E-state index contributed by atoms with van der Waals surface area (Å²) in [5.41, 5.74) is 0. The number of sulfonamides is 1. The lowest BCUT2D eigenvalue weighted by Crippen LogP contribution is -2.39. The van der Waals surface area contributed by atoms with Gasteiger partial charge in [-0.2, -0.15) is 0 Å². The van der Waals surface area contributed by atoms with Crippen molar-refractivity contribution in [2.45, 2.75) is 31.3 Å². The zero-order valence-electron chi connectivity index (χ0n) is 13.1. The van der Waals surface area contributed by atoms with Crippen molar-refractivity contribution in [2.24, 2.45) is 0 Å². The van der Waals surface area contributed by atoms with Gasteiger partial charge >= 0.3 is 0 Å². The van der Waals surface area contributed by atoms with E-state index in [1.165, 1.54) is 0 Å². The van der Waals surface area contributed by atoms with Crippen molar-refractivity contribution in [2.75, 3.05) is 19.6 Å². The van der Waals surface area contributed by atoms with Crippen LogP contribution >= 0.6 is 0 Å². The molecule has 0 atom stereocenters. The summed E-state index contributed by atoms with van der Waals surface area (Å²) < 4.78 is 29.1. The Morgan fingerprint density at radius 3 is 2.70 bits per heavy atom. The van der Waals surface area contributed by atoms with Crippen molar-refractivity contribution in [3.8, 4) is 0 Å². The number of nitrogens with one attached hydrogen (secondary N) is 1. The maximum atomic E-state index is 12.2. The highest BCUT2D eigenvalue weighted by molar-refractivity contribution is 7.89. The second-order valence-corrected chi connectivity index (χ2v) is 7.29. The lowest BCUT2D eigenvalue weighted by molar-refractivity contribution is 0.219. The number of aromatic nitrogens is 3.